The summed E-state index contributed by atoms with van der Waals surface area (Å²) in [6.45, 7) is 2.97. The number of hydrogen-bond donors (Lipinski definition) is 1. The molecule has 0 fully saturated rings. The number of carbonyl (C=O) groups is 2. The van der Waals surface area contributed by atoms with Crippen LogP contribution < -0.4 is 5.32 Å². The zero-order chi connectivity index (χ0) is 22.8. The minimum absolute atomic E-state index is 0.0660. The number of nitrogens with one attached hydrogen (secondary N) is 1. The van der Waals surface area contributed by atoms with Crippen LogP contribution >= 0.6 is 15.9 Å². The van der Waals surface area contributed by atoms with Crippen molar-refractivity contribution in [2.75, 3.05) is 6.54 Å². The molecule has 1 unspecified atom stereocenters. The average Bonchev–Trinajstić information content (AvgIpc) is 2.81. The topological polar surface area (TPSA) is 49.4 Å². The fraction of sp³-hybridized carbons (Fsp3) is 0.259. The summed E-state index contributed by atoms with van der Waals surface area (Å²) in [4.78, 5) is 28.5. The van der Waals surface area contributed by atoms with Gasteiger partial charge >= 0.3 is 0 Å². The van der Waals surface area contributed by atoms with Gasteiger partial charge in [0.1, 0.15) is 6.04 Å². The Balaban J connectivity index is 1.94. The summed E-state index contributed by atoms with van der Waals surface area (Å²) in [5.74, 6) is -0.184. The van der Waals surface area contributed by atoms with E-state index in [0.29, 0.717) is 19.5 Å². The molecule has 1 N–H and O–H groups in total. The lowest BCUT2D eigenvalue weighted by atomic mass is 10.0. The van der Waals surface area contributed by atoms with Crippen molar-refractivity contribution in [2.45, 2.75) is 38.8 Å². The van der Waals surface area contributed by atoms with Gasteiger partial charge in [0.15, 0.2) is 0 Å². The minimum Gasteiger partial charge on any atom is -0.354 e. The van der Waals surface area contributed by atoms with E-state index in [9.17, 15) is 9.59 Å². The van der Waals surface area contributed by atoms with E-state index in [1.54, 1.807) is 4.90 Å². The molecule has 0 saturated carbocycles. The molecule has 0 aliphatic carbocycles. The van der Waals surface area contributed by atoms with Crippen molar-refractivity contribution >= 4 is 27.7 Å². The van der Waals surface area contributed by atoms with Gasteiger partial charge in [0, 0.05) is 24.0 Å². The van der Waals surface area contributed by atoms with Crippen molar-refractivity contribution < 1.29 is 9.59 Å². The lowest BCUT2D eigenvalue weighted by Crippen LogP contribution is -2.51. The molecule has 1 atom stereocenters. The Labute approximate surface area is 198 Å². The van der Waals surface area contributed by atoms with Gasteiger partial charge in [-0.25, -0.2) is 0 Å². The Morgan fingerprint density at radius 3 is 2.12 bits per heavy atom. The number of rotatable bonds is 10. The lowest BCUT2D eigenvalue weighted by molar-refractivity contribution is -0.140. The molecule has 4 nitrogen and oxygen atoms in total. The molecule has 166 valence electrons. The van der Waals surface area contributed by atoms with Gasteiger partial charge in [-0.15, -0.1) is 0 Å². The normalized spacial score (nSPS) is 11.6. The van der Waals surface area contributed by atoms with Crippen molar-refractivity contribution in [3.63, 3.8) is 0 Å². The Kier molecular flexibility index (Phi) is 9.05. The average molecular weight is 493 g/mol. The third-order valence-electron chi connectivity index (χ3n) is 5.26. The van der Waals surface area contributed by atoms with Crippen LogP contribution in [0.15, 0.2) is 89.4 Å². The molecule has 0 radical (unpaired) electrons. The van der Waals surface area contributed by atoms with Crippen LogP contribution in [0.25, 0.3) is 0 Å². The van der Waals surface area contributed by atoms with Crippen molar-refractivity contribution in [3.05, 3.63) is 106 Å². The maximum absolute atomic E-state index is 13.5. The summed E-state index contributed by atoms with van der Waals surface area (Å²) in [5.41, 5.74) is 2.93. The first-order valence-corrected chi connectivity index (χ1v) is 11.8. The monoisotopic (exact) mass is 492 g/mol. The number of amides is 2. The quantitative estimate of drug-likeness (QED) is 0.424. The number of hydrogen-bond acceptors (Lipinski definition) is 2. The summed E-state index contributed by atoms with van der Waals surface area (Å²) in [6, 6.07) is 26.8. The number of nitrogens with zero attached hydrogens (tertiary/aromatic N) is 1. The highest BCUT2D eigenvalue weighted by Gasteiger charge is 2.30. The van der Waals surface area contributed by atoms with E-state index in [2.05, 4.69) is 21.2 Å². The molecule has 5 heteroatoms. The first-order chi connectivity index (χ1) is 15.6. The molecule has 3 aromatic carbocycles. The summed E-state index contributed by atoms with van der Waals surface area (Å²) in [6.07, 6.45) is 1.56. The molecule has 32 heavy (non-hydrogen) atoms. The molecular weight excluding hydrogens is 464 g/mol. The fourth-order valence-corrected chi connectivity index (χ4v) is 4.07. The predicted molar refractivity (Wildman–Crippen MR) is 132 cm³/mol. The van der Waals surface area contributed by atoms with E-state index in [1.807, 2.05) is 91.9 Å². The van der Waals surface area contributed by atoms with Crippen LogP contribution in [-0.2, 0) is 29.0 Å². The Morgan fingerprint density at radius 1 is 0.875 bits per heavy atom. The van der Waals surface area contributed by atoms with Gasteiger partial charge in [0.05, 0.1) is 6.42 Å². The Morgan fingerprint density at radius 2 is 1.50 bits per heavy atom. The van der Waals surface area contributed by atoms with Crippen LogP contribution in [0.4, 0.5) is 0 Å². The van der Waals surface area contributed by atoms with E-state index < -0.39 is 6.04 Å². The molecule has 3 rings (SSSR count). The van der Waals surface area contributed by atoms with E-state index >= 15 is 0 Å². The summed E-state index contributed by atoms with van der Waals surface area (Å²) >= 11 is 3.51. The molecule has 0 heterocycles. The minimum atomic E-state index is -0.598. The molecule has 2 amide bonds. The van der Waals surface area contributed by atoms with E-state index in [-0.39, 0.29) is 18.2 Å². The van der Waals surface area contributed by atoms with Crippen LogP contribution in [-0.4, -0.2) is 29.3 Å². The van der Waals surface area contributed by atoms with Gasteiger partial charge in [-0.3, -0.25) is 9.59 Å². The molecule has 0 aliphatic rings. The van der Waals surface area contributed by atoms with Crippen molar-refractivity contribution in [1.29, 1.82) is 0 Å². The Hall–Kier alpha value is -2.92. The second-order valence-corrected chi connectivity index (χ2v) is 8.73. The number of carbonyl (C=O) groups excluding carboxylic acids is 2. The fourth-order valence-electron chi connectivity index (χ4n) is 3.62. The summed E-state index contributed by atoms with van der Waals surface area (Å²) in [7, 11) is 0. The molecule has 0 bridgehead atoms. The maximum Gasteiger partial charge on any atom is 0.243 e. The highest BCUT2D eigenvalue weighted by Crippen LogP contribution is 2.19. The molecular formula is C27H29BrN2O2. The molecule has 0 aliphatic heterocycles. The predicted octanol–water partition coefficient (Wildman–Crippen LogP) is 5.16. The standard InChI is InChI=1S/C27H29BrN2O2/c1-2-16-29-27(32)25(18-21-10-5-3-6-11-21)30(20-23-14-9-15-24(28)17-23)26(31)19-22-12-7-4-8-13-22/h3-15,17,25H,2,16,18-20H2,1H3,(H,29,32). The summed E-state index contributed by atoms with van der Waals surface area (Å²) < 4.78 is 0.945. The van der Waals surface area contributed by atoms with Crippen LogP contribution in [0.3, 0.4) is 0 Å². The number of benzene rings is 3. The lowest BCUT2D eigenvalue weighted by Gasteiger charge is -2.31. The summed E-state index contributed by atoms with van der Waals surface area (Å²) in [5, 5.41) is 3.01. The van der Waals surface area contributed by atoms with Crippen molar-refractivity contribution in [3.8, 4) is 0 Å². The molecule has 0 aromatic heterocycles. The van der Waals surface area contributed by atoms with E-state index in [1.165, 1.54) is 0 Å². The van der Waals surface area contributed by atoms with Crippen molar-refractivity contribution in [2.24, 2.45) is 0 Å². The molecule has 0 saturated heterocycles. The van der Waals surface area contributed by atoms with Gasteiger partial charge in [-0.05, 0) is 35.2 Å². The van der Waals surface area contributed by atoms with E-state index in [0.717, 1.165) is 27.6 Å². The van der Waals surface area contributed by atoms with Gasteiger partial charge in [-0.1, -0.05) is 95.7 Å². The van der Waals surface area contributed by atoms with Gasteiger partial charge in [-0.2, -0.15) is 0 Å². The zero-order valence-corrected chi connectivity index (χ0v) is 19.9. The highest BCUT2D eigenvalue weighted by molar-refractivity contribution is 9.10. The smallest absolute Gasteiger partial charge is 0.243 e. The van der Waals surface area contributed by atoms with Crippen LogP contribution in [0.5, 0.6) is 0 Å². The first-order valence-electron chi connectivity index (χ1n) is 11.0. The van der Waals surface area contributed by atoms with Gasteiger partial charge in [0.25, 0.3) is 0 Å². The zero-order valence-electron chi connectivity index (χ0n) is 18.3. The second-order valence-electron chi connectivity index (χ2n) is 7.81. The number of halogens is 1. The Bertz CT molecular complexity index is 1010. The first kappa shape index (κ1) is 23.7. The van der Waals surface area contributed by atoms with Gasteiger partial charge in [0.2, 0.25) is 11.8 Å². The third-order valence-corrected chi connectivity index (χ3v) is 5.75. The third kappa shape index (κ3) is 7.06. The largest absolute Gasteiger partial charge is 0.354 e. The van der Waals surface area contributed by atoms with Crippen LogP contribution in [0.2, 0.25) is 0 Å². The van der Waals surface area contributed by atoms with Crippen LogP contribution in [0, 0.1) is 0 Å². The van der Waals surface area contributed by atoms with Crippen molar-refractivity contribution in [1.82, 2.24) is 10.2 Å². The van der Waals surface area contributed by atoms with E-state index in [4.69, 9.17) is 0 Å². The molecule has 0 spiro atoms. The SMILES string of the molecule is CCCNC(=O)C(Cc1ccccc1)N(Cc1cccc(Br)c1)C(=O)Cc1ccccc1. The maximum atomic E-state index is 13.5. The highest BCUT2D eigenvalue weighted by atomic mass is 79.9. The van der Waals surface area contributed by atoms with Crippen LogP contribution in [0.1, 0.15) is 30.0 Å². The van der Waals surface area contributed by atoms with Gasteiger partial charge < -0.3 is 10.2 Å². The second kappa shape index (κ2) is 12.2. The molecule has 3 aromatic rings.